The molecule has 2 aromatic carbocycles. The van der Waals surface area contributed by atoms with Crippen LogP contribution in [0.15, 0.2) is 57.3 Å². The van der Waals surface area contributed by atoms with Gasteiger partial charge in [0.15, 0.2) is 10.9 Å². The molecule has 0 bridgehead atoms. The summed E-state index contributed by atoms with van der Waals surface area (Å²) in [6, 6.07) is 10.8. The minimum atomic E-state index is -4.00. The van der Waals surface area contributed by atoms with Crippen molar-refractivity contribution in [3.8, 4) is 5.75 Å². The van der Waals surface area contributed by atoms with Crippen LogP contribution in [-0.4, -0.2) is 19.5 Å². The zero-order valence-corrected chi connectivity index (χ0v) is 15.9. The second kappa shape index (κ2) is 7.14. The first-order chi connectivity index (χ1) is 12.2. The molecule has 0 saturated carbocycles. The fourth-order valence-corrected chi connectivity index (χ4v) is 4.03. The third-order valence-electron chi connectivity index (χ3n) is 3.40. The lowest BCUT2D eigenvalue weighted by molar-refractivity contribution is -0.113. The van der Waals surface area contributed by atoms with E-state index < -0.39 is 16.0 Å². The smallest absolute Gasteiger partial charge is 0.339 e. The van der Waals surface area contributed by atoms with E-state index in [0.29, 0.717) is 10.5 Å². The van der Waals surface area contributed by atoms with Gasteiger partial charge in [0.2, 0.25) is 0 Å². The number of hydrogen-bond acceptors (Lipinski definition) is 6. The van der Waals surface area contributed by atoms with Crippen LogP contribution in [0.25, 0.3) is 6.08 Å². The number of carbonyl (C=O) groups is 1. The van der Waals surface area contributed by atoms with Gasteiger partial charge in [0.05, 0.1) is 9.93 Å². The first-order valence-corrected chi connectivity index (χ1v) is 9.93. The molecule has 1 amide bonds. The van der Waals surface area contributed by atoms with E-state index in [1.54, 1.807) is 24.3 Å². The third kappa shape index (κ3) is 4.09. The summed E-state index contributed by atoms with van der Waals surface area (Å²) in [5.41, 5.74) is 7.02. The summed E-state index contributed by atoms with van der Waals surface area (Å²) < 4.78 is 29.8. The van der Waals surface area contributed by atoms with Crippen LogP contribution in [0.4, 0.5) is 0 Å². The Balaban J connectivity index is 1.83. The average Bonchev–Trinajstić information content (AvgIpc) is 2.88. The first-order valence-electron chi connectivity index (χ1n) is 7.33. The quantitative estimate of drug-likeness (QED) is 0.615. The lowest BCUT2D eigenvalue weighted by Crippen LogP contribution is -2.10. The van der Waals surface area contributed by atoms with Gasteiger partial charge in [-0.05, 0) is 54.6 Å². The summed E-state index contributed by atoms with van der Waals surface area (Å²) in [5, 5.41) is 0.274. The Kier molecular flexibility index (Phi) is 5.08. The van der Waals surface area contributed by atoms with Gasteiger partial charge in [0, 0.05) is 0 Å². The van der Waals surface area contributed by atoms with E-state index in [1.165, 1.54) is 24.3 Å². The van der Waals surface area contributed by atoms with Crippen LogP contribution >= 0.6 is 23.4 Å². The lowest BCUT2D eigenvalue weighted by atomic mass is 10.2. The maximum atomic E-state index is 12.3. The van der Waals surface area contributed by atoms with Crippen molar-refractivity contribution in [3.05, 3.63) is 63.5 Å². The SMILES string of the molecule is Cc1ccc(S(=O)(=O)Oc2ccc(C=C3SC(N)=NC3=O)cc2Cl)cc1. The monoisotopic (exact) mass is 408 g/mol. The maximum absolute atomic E-state index is 12.3. The summed E-state index contributed by atoms with van der Waals surface area (Å²) in [6.07, 6.45) is 1.57. The second-order valence-electron chi connectivity index (χ2n) is 5.41. The molecule has 9 heteroatoms. The van der Waals surface area contributed by atoms with Crippen molar-refractivity contribution >= 4 is 50.6 Å². The van der Waals surface area contributed by atoms with E-state index in [4.69, 9.17) is 21.5 Å². The summed E-state index contributed by atoms with van der Waals surface area (Å²) in [5.74, 6) is -0.429. The Morgan fingerprint density at radius 1 is 1.19 bits per heavy atom. The number of amides is 1. The van der Waals surface area contributed by atoms with Crippen molar-refractivity contribution in [1.82, 2.24) is 0 Å². The van der Waals surface area contributed by atoms with Crippen molar-refractivity contribution in [3.63, 3.8) is 0 Å². The summed E-state index contributed by atoms with van der Waals surface area (Å²) in [7, 11) is -4.00. The minimum Gasteiger partial charge on any atom is -0.378 e. The van der Waals surface area contributed by atoms with Crippen molar-refractivity contribution in [2.45, 2.75) is 11.8 Å². The molecule has 1 aliphatic heterocycles. The molecule has 0 radical (unpaired) electrons. The van der Waals surface area contributed by atoms with Gasteiger partial charge in [-0.2, -0.15) is 13.4 Å². The number of rotatable bonds is 4. The van der Waals surface area contributed by atoms with E-state index in [1.807, 2.05) is 6.92 Å². The Bertz CT molecular complexity index is 1040. The first kappa shape index (κ1) is 18.5. The number of thioether (sulfide) groups is 1. The van der Waals surface area contributed by atoms with Gasteiger partial charge in [0.25, 0.3) is 5.91 Å². The van der Waals surface area contributed by atoms with E-state index in [-0.39, 0.29) is 20.8 Å². The van der Waals surface area contributed by atoms with Gasteiger partial charge in [-0.1, -0.05) is 35.4 Å². The molecule has 2 N–H and O–H groups in total. The Morgan fingerprint density at radius 2 is 1.88 bits per heavy atom. The number of nitrogens with zero attached hydrogens (tertiary/aromatic N) is 1. The highest BCUT2D eigenvalue weighted by Crippen LogP contribution is 2.31. The predicted octanol–water partition coefficient (Wildman–Crippen LogP) is 3.35. The highest BCUT2D eigenvalue weighted by atomic mass is 35.5. The van der Waals surface area contributed by atoms with Gasteiger partial charge in [-0.25, -0.2) is 0 Å². The molecule has 3 rings (SSSR count). The van der Waals surface area contributed by atoms with Gasteiger partial charge >= 0.3 is 10.1 Å². The van der Waals surface area contributed by atoms with Gasteiger partial charge in [0.1, 0.15) is 4.90 Å². The molecule has 0 unspecified atom stereocenters. The topological polar surface area (TPSA) is 98.8 Å². The normalized spacial score (nSPS) is 16.0. The van der Waals surface area contributed by atoms with Crippen LogP contribution in [0, 0.1) is 6.92 Å². The molecular weight excluding hydrogens is 396 g/mol. The van der Waals surface area contributed by atoms with E-state index in [9.17, 15) is 13.2 Å². The highest BCUT2D eigenvalue weighted by Gasteiger charge is 2.21. The molecule has 1 aliphatic rings. The molecule has 2 aromatic rings. The molecule has 0 fully saturated rings. The van der Waals surface area contributed by atoms with Crippen molar-refractivity contribution in [1.29, 1.82) is 0 Å². The number of hydrogen-bond donors (Lipinski definition) is 1. The summed E-state index contributed by atoms with van der Waals surface area (Å²) >= 11 is 7.19. The molecule has 6 nitrogen and oxygen atoms in total. The zero-order valence-electron chi connectivity index (χ0n) is 13.5. The van der Waals surface area contributed by atoms with Gasteiger partial charge in [-0.15, -0.1) is 0 Å². The van der Waals surface area contributed by atoms with E-state index in [0.717, 1.165) is 17.3 Å². The Morgan fingerprint density at radius 3 is 2.46 bits per heavy atom. The number of aryl methyl sites for hydroxylation is 1. The van der Waals surface area contributed by atoms with Crippen molar-refractivity contribution in [2.75, 3.05) is 0 Å². The molecule has 0 atom stereocenters. The predicted molar refractivity (Wildman–Crippen MR) is 103 cm³/mol. The molecular formula is C17H13ClN2O4S2. The fraction of sp³-hybridized carbons (Fsp3) is 0.0588. The average molecular weight is 409 g/mol. The van der Waals surface area contributed by atoms with Crippen LogP contribution in [0.1, 0.15) is 11.1 Å². The van der Waals surface area contributed by atoms with Crippen molar-refractivity contribution in [2.24, 2.45) is 10.7 Å². The van der Waals surface area contributed by atoms with Crippen LogP contribution in [0.5, 0.6) is 5.75 Å². The summed E-state index contributed by atoms with van der Waals surface area (Å²) in [4.78, 5) is 15.6. The van der Waals surface area contributed by atoms with Crippen LogP contribution < -0.4 is 9.92 Å². The number of halogens is 1. The highest BCUT2D eigenvalue weighted by molar-refractivity contribution is 8.18. The molecule has 0 aliphatic carbocycles. The van der Waals surface area contributed by atoms with E-state index >= 15 is 0 Å². The number of carbonyl (C=O) groups excluding carboxylic acids is 1. The van der Waals surface area contributed by atoms with Crippen LogP contribution in [-0.2, 0) is 14.9 Å². The molecule has 0 saturated heterocycles. The standard InChI is InChI=1S/C17H13ClN2O4S2/c1-10-2-5-12(6-3-10)26(22,23)24-14-7-4-11(8-13(14)18)9-15-16(21)20-17(19)25-15/h2-9H,1H3,(H2,19,20,21). The number of amidine groups is 1. The molecule has 1 heterocycles. The number of nitrogens with two attached hydrogens (primary N) is 1. The molecule has 0 aromatic heterocycles. The Labute approximate surface area is 159 Å². The van der Waals surface area contributed by atoms with E-state index in [2.05, 4.69) is 4.99 Å². The van der Waals surface area contributed by atoms with Gasteiger partial charge < -0.3 is 9.92 Å². The maximum Gasteiger partial charge on any atom is 0.339 e. The molecule has 26 heavy (non-hydrogen) atoms. The molecule has 134 valence electrons. The lowest BCUT2D eigenvalue weighted by Gasteiger charge is -2.09. The largest absolute Gasteiger partial charge is 0.378 e. The summed E-state index contributed by atoms with van der Waals surface area (Å²) in [6.45, 7) is 1.85. The Hall–Kier alpha value is -2.29. The second-order valence-corrected chi connectivity index (χ2v) is 8.42. The fourth-order valence-electron chi connectivity index (χ4n) is 2.12. The van der Waals surface area contributed by atoms with Gasteiger partial charge in [-0.3, -0.25) is 4.79 Å². The number of benzene rings is 2. The minimum absolute atomic E-state index is 0.00411. The van der Waals surface area contributed by atoms with Crippen LogP contribution in [0.2, 0.25) is 5.02 Å². The third-order valence-corrected chi connectivity index (χ3v) is 5.76. The zero-order chi connectivity index (χ0) is 18.9. The van der Waals surface area contributed by atoms with Crippen molar-refractivity contribution < 1.29 is 17.4 Å². The number of aliphatic imine (C=N–C) groups is 1. The molecule has 0 spiro atoms. The van der Waals surface area contributed by atoms with Crippen LogP contribution in [0.3, 0.4) is 0 Å².